The van der Waals surface area contributed by atoms with Gasteiger partial charge < -0.3 is 0 Å². The maximum Gasteiger partial charge on any atom is 0.243 e. The van der Waals surface area contributed by atoms with E-state index in [4.69, 9.17) is 0 Å². The second kappa shape index (κ2) is 4.77. The maximum absolute atomic E-state index is 12.1. The van der Waals surface area contributed by atoms with Crippen molar-refractivity contribution >= 4 is 33.7 Å². The Morgan fingerprint density at radius 1 is 1.16 bits per heavy atom. The van der Waals surface area contributed by atoms with Crippen LogP contribution in [0.4, 0.5) is 0 Å². The molecule has 1 aliphatic carbocycles. The summed E-state index contributed by atoms with van der Waals surface area (Å²) in [6, 6.07) is 7.43. The van der Waals surface area contributed by atoms with Gasteiger partial charge in [-0.15, -0.1) is 0 Å². The zero-order valence-electron chi connectivity index (χ0n) is 10.0. The number of nitrogens with one attached hydrogen (secondary N) is 2. The Balaban J connectivity index is 1.84. The van der Waals surface area contributed by atoms with Crippen molar-refractivity contribution in [3.63, 3.8) is 0 Å². The van der Waals surface area contributed by atoms with Gasteiger partial charge in [0, 0.05) is 4.47 Å². The molecule has 1 saturated carbocycles. The van der Waals surface area contributed by atoms with Crippen LogP contribution < -0.4 is 10.6 Å². The van der Waals surface area contributed by atoms with Gasteiger partial charge in [-0.25, -0.2) is 4.99 Å². The highest BCUT2D eigenvalue weighted by Gasteiger charge is 2.35. The van der Waals surface area contributed by atoms with Crippen LogP contribution in [0.3, 0.4) is 0 Å². The van der Waals surface area contributed by atoms with Gasteiger partial charge in [0.25, 0.3) is 0 Å². The summed E-state index contributed by atoms with van der Waals surface area (Å²) in [5.41, 5.74) is 0.662. The topological polar surface area (TPSA) is 70.6 Å². The molecule has 2 aliphatic rings. The van der Waals surface area contributed by atoms with E-state index in [2.05, 4.69) is 31.6 Å². The molecule has 1 aromatic carbocycles. The fraction of sp³-hybridized carbons (Fsp3) is 0.308. The molecular formula is C13H12BrN3O2. The van der Waals surface area contributed by atoms with Crippen LogP contribution in [-0.4, -0.2) is 23.8 Å². The van der Waals surface area contributed by atoms with Gasteiger partial charge in [0.2, 0.25) is 17.8 Å². The molecule has 2 N–H and O–H groups in total. The van der Waals surface area contributed by atoms with E-state index in [0.717, 1.165) is 17.3 Å². The molecular weight excluding hydrogens is 310 g/mol. The van der Waals surface area contributed by atoms with Crippen LogP contribution in [0.5, 0.6) is 0 Å². The highest BCUT2D eigenvalue weighted by Crippen LogP contribution is 2.25. The third-order valence-corrected chi connectivity index (χ3v) is 3.54. The summed E-state index contributed by atoms with van der Waals surface area (Å²) in [5, 5.41) is 5.30. The fourth-order valence-corrected chi connectivity index (χ4v) is 2.38. The lowest BCUT2D eigenvalue weighted by Crippen LogP contribution is -2.55. The van der Waals surface area contributed by atoms with Gasteiger partial charge in [-0.05, 0) is 30.5 Å². The Hall–Kier alpha value is -1.69. The van der Waals surface area contributed by atoms with Crippen molar-refractivity contribution in [2.24, 2.45) is 4.99 Å². The van der Waals surface area contributed by atoms with E-state index in [0.29, 0.717) is 5.56 Å². The van der Waals surface area contributed by atoms with Gasteiger partial charge in [-0.1, -0.05) is 28.1 Å². The summed E-state index contributed by atoms with van der Waals surface area (Å²) in [5.74, 6) is -1.21. The van der Waals surface area contributed by atoms with E-state index in [-0.39, 0.29) is 23.8 Å². The van der Waals surface area contributed by atoms with Crippen LogP contribution in [0.25, 0.3) is 0 Å². The summed E-state index contributed by atoms with van der Waals surface area (Å²) in [7, 11) is 0. The Morgan fingerprint density at radius 3 is 2.42 bits per heavy atom. The Labute approximate surface area is 118 Å². The van der Waals surface area contributed by atoms with Crippen molar-refractivity contribution in [1.29, 1.82) is 0 Å². The second-order valence-corrected chi connectivity index (χ2v) is 5.59. The number of nitrogens with zero attached hydrogens (tertiary/aromatic N) is 1. The van der Waals surface area contributed by atoms with Crippen LogP contribution in [0.2, 0.25) is 0 Å². The van der Waals surface area contributed by atoms with Crippen molar-refractivity contribution in [1.82, 2.24) is 10.6 Å². The number of hydrogen-bond acceptors (Lipinski definition) is 3. The third-order valence-electron chi connectivity index (χ3n) is 3.05. The maximum atomic E-state index is 12.1. The molecule has 19 heavy (non-hydrogen) atoms. The highest BCUT2D eigenvalue weighted by atomic mass is 79.9. The van der Waals surface area contributed by atoms with Gasteiger partial charge in [0.1, 0.15) is 5.92 Å². The van der Waals surface area contributed by atoms with E-state index < -0.39 is 5.92 Å². The molecule has 0 aromatic heterocycles. The summed E-state index contributed by atoms with van der Waals surface area (Å²) >= 11 is 3.33. The number of aliphatic imine (C=N–C) groups is 1. The molecule has 5 nitrogen and oxygen atoms in total. The molecule has 2 fully saturated rings. The number of guanidine groups is 1. The van der Waals surface area contributed by atoms with Gasteiger partial charge in [-0.3, -0.25) is 20.2 Å². The number of rotatable bonds is 2. The van der Waals surface area contributed by atoms with E-state index in [1.54, 1.807) is 18.2 Å². The van der Waals surface area contributed by atoms with Crippen molar-refractivity contribution in [2.75, 3.05) is 0 Å². The molecule has 0 atom stereocenters. The molecule has 1 aliphatic heterocycles. The largest absolute Gasteiger partial charge is 0.295 e. The Bertz CT molecular complexity index is 561. The fourth-order valence-electron chi connectivity index (χ4n) is 1.97. The van der Waals surface area contributed by atoms with Crippen LogP contribution in [0, 0.1) is 0 Å². The molecule has 1 aromatic rings. The van der Waals surface area contributed by atoms with Gasteiger partial charge in [0.05, 0.1) is 6.04 Å². The van der Waals surface area contributed by atoms with Crippen molar-refractivity contribution in [3.05, 3.63) is 34.3 Å². The average molecular weight is 322 g/mol. The van der Waals surface area contributed by atoms with Crippen LogP contribution in [0.15, 0.2) is 33.7 Å². The lowest BCUT2D eigenvalue weighted by molar-refractivity contribution is -0.131. The SMILES string of the molecule is O=C1NC(=NC2CC2)NC(=O)C1c1cccc(Br)c1. The lowest BCUT2D eigenvalue weighted by atomic mass is 9.96. The molecule has 0 bridgehead atoms. The molecule has 0 spiro atoms. The molecule has 0 unspecified atom stereocenters. The minimum absolute atomic E-state index is 0.248. The first-order chi connectivity index (χ1) is 9.13. The van der Waals surface area contributed by atoms with Crippen LogP contribution in [-0.2, 0) is 9.59 Å². The normalized spacial score (nSPS) is 22.8. The monoisotopic (exact) mass is 321 g/mol. The van der Waals surface area contributed by atoms with E-state index in [1.807, 2.05) is 6.07 Å². The van der Waals surface area contributed by atoms with Gasteiger partial charge >= 0.3 is 0 Å². The number of halogens is 1. The number of amides is 2. The number of carbonyl (C=O) groups is 2. The zero-order valence-corrected chi connectivity index (χ0v) is 11.6. The minimum Gasteiger partial charge on any atom is -0.295 e. The number of hydrogen-bond donors (Lipinski definition) is 2. The van der Waals surface area contributed by atoms with Crippen molar-refractivity contribution in [2.45, 2.75) is 24.8 Å². The van der Waals surface area contributed by atoms with E-state index in [1.165, 1.54) is 0 Å². The van der Waals surface area contributed by atoms with E-state index >= 15 is 0 Å². The summed E-state index contributed by atoms with van der Waals surface area (Å²) in [6.07, 6.45) is 2.04. The van der Waals surface area contributed by atoms with Gasteiger partial charge in [-0.2, -0.15) is 0 Å². The molecule has 1 saturated heterocycles. The first-order valence-corrected chi connectivity index (χ1v) is 6.88. The van der Waals surface area contributed by atoms with Crippen molar-refractivity contribution in [3.8, 4) is 0 Å². The molecule has 98 valence electrons. The Kier molecular flexibility index (Phi) is 3.10. The smallest absolute Gasteiger partial charge is 0.243 e. The number of carbonyl (C=O) groups excluding carboxylic acids is 2. The average Bonchev–Trinajstić information content (AvgIpc) is 3.12. The molecule has 0 radical (unpaired) electrons. The van der Waals surface area contributed by atoms with Crippen LogP contribution in [0.1, 0.15) is 24.3 Å². The minimum atomic E-state index is -0.823. The summed E-state index contributed by atoms with van der Waals surface area (Å²) in [6.45, 7) is 0. The highest BCUT2D eigenvalue weighted by molar-refractivity contribution is 9.10. The predicted molar refractivity (Wildman–Crippen MR) is 73.6 cm³/mol. The van der Waals surface area contributed by atoms with Gasteiger partial charge in [0.15, 0.2) is 0 Å². The standard InChI is InChI=1S/C13H12BrN3O2/c14-8-3-1-2-7(6-8)10-11(18)16-13(17-12(10)19)15-9-4-5-9/h1-3,6,9-10H,4-5H2,(H2,15,16,17,18,19). The lowest BCUT2D eigenvalue weighted by Gasteiger charge is -2.23. The summed E-state index contributed by atoms with van der Waals surface area (Å²) < 4.78 is 0.836. The van der Waals surface area contributed by atoms with Crippen LogP contribution >= 0.6 is 15.9 Å². The first kappa shape index (κ1) is 12.3. The third kappa shape index (κ3) is 2.68. The first-order valence-electron chi connectivity index (χ1n) is 6.08. The molecule has 6 heteroatoms. The zero-order chi connectivity index (χ0) is 13.4. The second-order valence-electron chi connectivity index (χ2n) is 4.68. The van der Waals surface area contributed by atoms with Crippen molar-refractivity contribution < 1.29 is 9.59 Å². The molecule has 3 rings (SSSR count). The van der Waals surface area contributed by atoms with E-state index in [9.17, 15) is 9.59 Å². The predicted octanol–water partition coefficient (Wildman–Crippen LogP) is 1.30. The Morgan fingerprint density at radius 2 is 1.84 bits per heavy atom. The quantitative estimate of drug-likeness (QED) is 0.806. The molecule has 2 amide bonds. The molecule has 1 heterocycles. The number of benzene rings is 1. The summed E-state index contributed by atoms with van der Waals surface area (Å²) in [4.78, 5) is 28.4.